The van der Waals surface area contributed by atoms with Crippen LogP contribution in [0.3, 0.4) is 0 Å². The molecule has 0 bridgehead atoms. The van der Waals surface area contributed by atoms with Crippen molar-refractivity contribution >= 4 is 23.0 Å². The summed E-state index contributed by atoms with van der Waals surface area (Å²) in [6.07, 6.45) is 3.51. The second-order valence-electron chi connectivity index (χ2n) is 6.76. The molecule has 3 heterocycles. The zero-order valence-electron chi connectivity index (χ0n) is 14.8. The molecule has 2 aromatic heterocycles. The third-order valence-corrected chi connectivity index (χ3v) is 5.09. The van der Waals surface area contributed by atoms with Crippen LogP contribution in [-0.2, 0) is 0 Å². The summed E-state index contributed by atoms with van der Waals surface area (Å²) in [5.41, 5.74) is 3.30. The van der Waals surface area contributed by atoms with Crippen LogP contribution in [0.4, 0.5) is 5.69 Å². The predicted octanol–water partition coefficient (Wildman–Crippen LogP) is 4.98. The van der Waals surface area contributed by atoms with E-state index in [1.54, 1.807) is 12.5 Å². The summed E-state index contributed by atoms with van der Waals surface area (Å²) in [4.78, 5) is 6.65. The van der Waals surface area contributed by atoms with Crippen LogP contribution in [0.15, 0.2) is 71.5 Å². The first kappa shape index (κ1) is 16.8. The quantitative estimate of drug-likeness (QED) is 0.663. The Morgan fingerprint density at radius 2 is 1.88 bits per heavy atom. The summed E-state index contributed by atoms with van der Waals surface area (Å²) in [6, 6.07) is 18.2. The monoisotopic (exact) mass is 363 g/mol. The standard InChI is InChI=1S/C21H21N3OS/c1-14(2)15-8-10-16(11-9-15)24-20(18-7-5-13-25-18)19(23-21(24)26)17-6-3-4-12-22-17/h3-14,19-20H,1-2H3,(H,23,26)/t19-,20+/m1/s1. The van der Waals surface area contributed by atoms with Crippen LogP contribution in [0.2, 0.25) is 0 Å². The van der Waals surface area contributed by atoms with Crippen LogP contribution in [0.5, 0.6) is 0 Å². The van der Waals surface area contributed by atoms with E-state index in [1.807, 2.05) is 30.3 Å². The zero-order chi connectivity index (χ0) is 18.1. The largest absolute Gasteiger partial charge is 0.467 e. The first-order chi connectivity index (χ1) is 12.6. The van der Waals surface area contributed by atoms with Crippen molar-refractivity contribution in [2.45, 2.75) is 31.8 Å². The number of thiocarbonyl (C=S) groups is 1. The number of nitrogens with one attached hydrogen (secondary N) is 1. The normalized spacial score (nSPS) is 19.8. The maximum atomic E-state index is 5.76. The Labute approximate surface area is 158 Å². The molecule has 1 saturated heterocycles. The van der Waals surface area contributed by atoms with Gasteiger partial charge in [0.05, 0.1) is 18.0 Å². The van der Waals surface area contributed by atoms with Gasteiger partial charge in [-0.15, -0.1) is 0 Å². The Balaban J connectivity index is 1.76. The highest BCUT2D eigenvalue weighted by Gasteiger charge is 2.42. The summed E-state index contributed by atoms with van der Waals surface area (Å²) >= 11 is 5.68. The third kappa shape index (κ3) is 2.99. The summed E-state index contributed by atoms with van der Waals surface area (Å²) in [5, 5.41) is 4.11. The molecule has 3 aromatic rings. The fourth-order valence-electron chi connectivity index (χ4n) is 3.40. The van der Waals surface area contributed by atoms with Gasteiger partial charge in [-0.05, 0) is 60.1 Å². The average molecular weight is 363 g/mol. The lowest BCUT2D eigenvalue weighted by atomic mass is 10.0. The third-order valence-electron chi connectivity index (χ3n) is 4.77. The number of benzene rings is 1. The molecular formula is C21H21N3OS. The lowest BCUT2D eigenvalue weighted by Crippen LogP contribution is -2.29. The number of aromatic nitrogens is 1. The van der Waals surface area contributed by atoms with Crippen molar-refractivity contribution in [3.8, 4) is 0 Å². The van der Waals surface area contributed by atoms with E-state index >= 15 is 0 Å². The minimum atomic E-state index is -0.0858. The molecule has 0 spiro atoms. The number of pyridine rings is 1. The highest BCUT2D eigenvalue weighted by atomic mass is 32.1. The van der Waals surface area contributed by atoms with Crippen molar-refractivity contribution in [2.75, 3.05) is 4.90 Å². The van der Waals surface area contributed by atoms with Gasteiger partial charge in [-0.1, -0.05) is 32.0 Å². The molecule has 5 heteroatoms. The molecule has 1 aliphatic heterocycles. The van der Waals surface area contributed by atoms with Crippen molar-refractivity contribution in [1.82, 2.24) is 10.3 Å². The molecule has 0 aliphatic carbocycles. The second-order valence-corrected chi connectivity index (χ2v) is 7.14. The van der Waals surface area contributed by atoms with Crippen LogP contribution in [0.25, 0.3) is 0 Å². The Bertz CT molecular complexity index is 875. The molecule has 132 valence electrons. The Morgan fingerprint density at radius 1 is 1.08 bits per heavy atom. The van der Waals surface area contributed by atoms with Crippen molar-refractivity contribution in [1.29, 1.82) is 0 Å². The number of anilines is 1. The molecule has 1 fully saturated rings. The molecule has 1 aromatic carbocycles. The van der Waals surface area contributed by atoms with Crippen LogP contribution in [0.1, 0.15) is 48.9 Å². The number of furan rings is 1. The first-order valence-electron chi connectivity index (χ1n) is 8.79. The molecule has 2 atom stereocenters. The molecule has 26 heavy (non-hydrogen) atoms. The van der Waals surface area contributed by atoms with E-state index < -0.39 is 0 Å². The van der Waals surface area contributed by atoms with Crippen molar-refractivity contribution < 1.29 is 4.42 Å². The van der Waals surface area contributed by atoms with Gasteiger partial charge in [0.1, 0.15) is 11.8 Å². The fraction of sp³-hybridized carbons (Fsp3) is 0.238. The molecular weight excluding hydrogens is 342 g/mol. The minimum absolute atomic E-state index is 0.0698. The summed E-state index contributed by atoms with van der Waals surface area (Å²) in [7, 11) is 0. The fourth-order valence-corrected chi connectivity index (χ4v) is 3.75. The van der Waals surface area contributed by atoms with Gasteiger partial charge in [-0.3, -0.25) is 4.98 Å². The Kier molecular flexibility index (Phi) is 4.47. The van der Waals surface area contributed by atoms with Gasteiger partial charge in [0.15, 0.2) is 5.11 Å². The molecule has 0 radical (unpaired) electrons. The summed E-state index contributed by atoms with van der Waals surface area (Å²) in [5.74, 6) is 1.36. The van der Waals surface area contributed by atoms with Crippen molar-refractivity contribution in [3.63, 3.8) is 0 Å². The first-order valence-corrected chi connectivity index (χ1v) is 9.20. The van der Waals surface area contributed by atoms with Crippen molar-refractivity contribution in [2.24, 2.45) is 0 Å². The second kappa shape index (κ2) is 6.92. The van der Waals surface area contributed by atoms with Crippen LogP contribution in [0, 0.1) is 0 Å². The van der Waals surface area contributed by atoms with E-state index in [-0.39, 0.29) is 12.1 Å². The van der Waals surface area contributed by atoms with Gasteiger partial charge in [-0.25, -0.2) is 0 Å². The van der Waals surface area contributed by atoms with E-state index in [2.05, 4.69) is 53.3 Å². The maximum Gasteiger partial charge on any atom is 0.174 e. The number of nitrogens with zero attached hydrogens (tertiary/aromatic N) is 2. The Morgan fingerprint density at radius 3 is 2.50 bits per heavy atom. The van der Waals surface area contributed by atoms with Gasteiger partial charge < -0.3 is 14.6 Å². The van der Waals surface area contributed by atoms with Crippen LogP contribution >= 0.6 is 12.2 Å². The minimum Gasteiger partial charge on any atom is -0.467 e. The molecule has 0 saturated carbocycles. The van der Waals surface area contributed by atoms with E-state index in [1.165, 1.54) is 5.56 Å². The summed E-state index contributed by atoms with van der Waals surface area (Å²) < 4.78 is 5.76. The molecule has 4 rings (SSSR count). The number of hydrogen-bond acceptors (Lipinski definition) is 3. The SMILES string of the molecule is CC(C)c1ccc(N2C(=S)N[C@H](c3ccccn3)[C@@H]2c2ccco2)cc1. The molecule has 4 nitrogen and oxygen atoms in total. The molecule has 1 N–H and O–H groups in total. The lowest BCUT2D eigenvalue weighted by molar-refractivity contribution is 0.432. The van der Waals surface area contributed by atoms with Gasteiger partial charge >= 0.3 is 0 Å². The smallest absolute Gasteiger partial charge is 0.174 e. The average Bonchev–Trinajstić information content (AvgIpc) is 3.30. The topological polar surface area (TPSA) is 41.3 Å². The van der Waals surface area contributed by atoms with Crippen LogP contribution in [-0.4, -0.2) is 10.1 Å². The van der Waals surface area contributed by atoms with Gasteiger partial charge in [0.2, 0.25) is 0 Å². The number of hydrogen-bond donors (Lipinski definition) is 1. The summed E-state index contributed by atoms with van der Waals surface area (Å²) in [6.45, 7) is 4.39. The van der Waals surface area contributed by atoms with Gasteiger partial charge in [0, 0.05) is 11.9 Å². The molecule has 1 aliphatic rings. The van der Waals surface area contributed by atoms with Crippen molar-refractivity contribution in [3.05, 3.63) is 84.1 Å². The zero-order valence-corrected chi connectivity index (χ0v) is 15.6. The highest BCUT2D eigenvalue weighted by Crippen LogP contribution is 2.41. The number of rotatable bonds is 4. The Hall–Kier alpha value is -2.66. The predicted molar refractivity (Wildman–Crippen MR) is 107 cm³/mol. The van der Waals surface area contributed by atoms with E-state index in [9.17, 15) is 0 Å². The molecule has 0 unspecified atom stereocenters. The van der Waals surface area contributed by atoms with E-state index in [0.29, 0.717) is 11.0 Å². The van der Waals surface area contributed by atoms with E-state index in [0.717, 1.165) is 17.1 Å². The lowest BCUT2D eigenvalue weighted by Gasteiger charge is -2.26. The molecule has 0 amide bonds. The van der Waals surface area contributed by atoms with E-state index in [4.69, 9.17) is 16.6 Å². The van der Waals surface area contributed by atoms with Crippen LogP contribution < -0.4 is 10.2 Å². The highest BCUT2D eigenvalue weighted by molar-refractivity contribution is 7.80. The van der Waals surface area contributed by atoms with Gasteiger partial charge in [0.25, 0.3) is 0 Å². The maximum absolute atomic E-state index is 5.76. The van der Waals surface area contributed by atoms with Gasteiger partial charge in [-0.2, -0.15) is 0 Å².